The average molecular weight is 224 g/mol. The third kappa shape index (κ3) is 3.99. The number of piperazine rings is 1. The smallest absolute Gasteiger partial charge is 0.296 e. The standard InChI is InChI=1S/C10H19F3N2/c1-8(2)15-5-4-14(6-9(15)3)7-10(11,12)13/h8-9H,4-7H2,1-3H3/t9-/m0/s1. The van der Waals surface area contributed by atoms with Crippen molar-refractivity contribution in [3.8, 4) is 0 Å². The van der Waals surface area contributed by atoms with Crippen molar-refractivity contribution in [2.45, 2.75) is 39.0 Å². The maximum Gasteiger partial charge on any atom is 0.401 e. The van der Waals surface area contributed by atoms with Crippen molar-refractivity contribution in [3.63, 3.8) is 0 Å². The molecule has 0 radical (unpaired) electrons. The molecule has 1 aliphatic rings. The highest BCUT2D eigenvalue weighted by Gasteiger charge is 2.34. The summed E-state index contributed by atoms with van der Waals surface area (Å²) in [5.74, 6) is 0. The van der Waals surface area contributed by atoms with Crippen LogP contribution in [0.3, 0.4) is 0 Å². The molecule has 0 aromatic heterocycles. The van der Waals surface area contributed by atoms with E-state index in [4.69, 9.17) is 0 Å². The maximum atomic E-state index is 12.2. The van der Waals surface area contributed by atoms with Crippen LogP contribution in [0.15, 0.2) is 0 Å². The minimum atomic E-state index is -4.07. The summed E-state index contributed by atoms with van der Waals surface area (Å²) in [6, 6.07) is 0.620. The van der Waals surface area contributed by atoms with Crippen LogP contribution in [0.1, 0.15) is 20.8 Å². The Balaban J connectivity index is 2.44. The molecule has 1 rings (SSSR count). The van der Waals surface area contributed by atoms with Crippen LogP contribution in [-0.2, 0) is 0 Å². The second kappa shape index (κ2) is 4.70. The van der Waals surface area contributed by atoms with Gasteiger partial charge in [0, 0.05) is 31.7 Å². The van der Waals surface area contributed by atoms with Gasteiger partial charge in [-0.05, 0) is 20.8 Å². The van der Waals surface area contributed by atoms with E-state index < -0.39 is 12.7 Å². The van der Waals surface area contributed by atoms with Gasteiger partial charge in [0.25, 0.3) is 0 Å². The molecule has 0 aromatic rings. The van der Waals surface area contributed by atoms with Crippen LogP contribution in [0.25, 0.3) is 0 Å². The molecule has 1 atom stereocenters. The predicted octanol–water partition coefficient (Wildman–Crippen LogP) is 1.96. The van der Waals surface area contributed by atoms with Gasteiger partial charge in [-0.3, -0.25) is 9.80 Å². The molecule has 1 aliphatic heterocycles. The Morgan fingerprint density at radius 3 is 2.27 bits per heavy atom. The zero-order valence-corrected chi connectivity index (χ0v) is 9.51. The molecule has 15 heavy (non-hydrogen) atoms. The fraction of sp³-hybridized carbons (Fsp3) is 1.00. The fourth-order valence-electron chi connectivity index (χ4n) is 2.21. The first-order valence-corrected chi connectivity index (χ1v) is 5.34. The molecule has 5 heteroatoms. The van der Waals surface area contributed by atoms with E-state index in [1.54, 1.807) is 0 Å². The van der Waals surface area contributed by atoms with Crippen molar-refractivity contribution >= 4 is 0 Å². The molecule has 0 saturated carbocycles. The van der Waals surface area contributed by atoms with E-state index in [9.17, 15) is 13.2 Å². The lowest BCUT2D eigenvalue weighted by atomic mass is 10.1. The molecule has 2 nitrogen and oxygen atoms in total. The van der Waals surface area contributed by atoms with E-state index in [1.165, 1.54) is 4.90 Å². The number of alkyl halides is 3. The largest absolute Gasteiger partial charge is 0.401 e. The minimum absolute atomic E-state index is 0.209. The lowest BCUT2D eigenvalue weighted by molar-refractivity contribution is -0.152. The Morgan fingerprint density at radius 1 is 1.27 bits per heavy atom. The van der Waals surface area contributed by atoms with Crippen LogP contribution in [0, 0.1) is 0 Å². The van der Waals surface area contributed by atoms with Gasteiger partial charge in [-0.25, -0.2) is 0 Å². The van der Waals surface area contributed by atoms with Crippen LogP contribution in [0.2, 0.25) is 0 Å². The molecule has 0 aromatic carbocycles. The molecule has 0 unspecified atom stereocenters. The number of halogens is 3. The number of nitrogens with zero attached hydrogens (tertiary/aromatic N) is 2. The van der Waals surface area contributed by atoms with Crippen molar-refractivity contribution in [1.29, 1.82) is 0 Å². The summed E-state index contributed by atoms with van der Waals surface area (Å²) in [6.45, 7) is 7.13. The molecule has 90 valence electrons. The molecule has 1 saturated heterocycles. The second-order valence-electron chi connectivity index (χ2n) is 4.53. The maximum absolute atomic E-state index is 12.2. The molecule has 1 heterocycles. The topological polar surface area (TPSA) is 6.48 Å². The molecule has 0 aliphatic carbocycles. The third-order valence-corrected chi connectivity index (χ3v) is 2.83. The van der Waals surface area contributed by atoms with Crippen LogP contribution < -0.4 is 0 Å². The van der Waals surface area contributed by atoms with E-state index in [0.29, 0.717) is 19.1 Å². The SMILES string of the molecule is CC(C)N1CCN(CC(F)(F)F)C[C@@H]1C. The quantitative estimate of drug-likeness (QED) is 0.707. The van der Waals surface area contributed by atoms with Crippen molar-refractivity contribution < 1.29 is 13.2 Å². The van der Waals surface area contributed by atoms with Crippen molar-refractivity contribution in [2.75, 3.05) is 26.2 Å². The van der Waals surface area contributed by atoms with Gasteiger partial charge in [0.1, 0.15) is 0 Å². The van der Waals surface area contributed by atoms with Crippen molar-refractivity contribution in [3.05, 3.63) is 0 Å². The number of hydrogen-bond acceptors (Lipinski definition) is 2. The first-order chi connectivity index (χ1) is 6.79. The van der Waals surface area contributed by atoms with E-state index in [2.05, 4.69) is 18.7 Å². The molecule has 1 fully saturated rings. The van der Waals surface area contributed by atoms with E-state index in [1.807, 2.05) is 6.92 Å². The van der Waals surface area contributed by atoms with Crippen LogP contribution >= 0.6 is 0 Å². The summed E-state index contributed by atoms with van der Waals surface area (Å²) in [5, 5.41) is 0. The van der Waals surface area contributed by atoms with Gasteiger partial charge in [-0.15, -0.1) is 0 Å². The summed E-state index contributed by atoms with van der Waals surface area (Å²) in [5.41, 5.74) is 0. The lowest BCUT2D eigenvalue weighted by Crippen LogP contribution is -2.55. The van der Waals surface area contributed by atoms with E-state index >= 15 is 0 Å². The van der Waals surface area contributed by atoms with Crippen LogP contribution in [-0.4, -0.2) is 54.2 Å². The molecule has 0 amide bonds. The summed E-state index contributed by atoms with van der Waals surface area (Å²) in [4.78, 5) is 3.73. The Bertz CT molecular complexity index is 203. The Kier molecular flexibility index (Phi) is 4.00. The predicted molar refractivity (Wildman–Crippen MR) is 53.8 cm³/mol. The zero-order valence-electron chi connectivity index (χ0n) is 9.51. The summed E-state index contributed by atoms with van der Waals surface area (Å²) < 4.78 is 36.5. The fourth-order valence-corrected chi connectivity index (χ4v) is 2.21. The molecule has 0 bridgehead atoms. The Hall–Kier alpha value is -0.290. The van der Waals surface area contributed by atoms with Gasteiger partial charge >= 0.3 is 6.18 Å². The summed E-state index contributed by atoms with van der Waals surface area (Å²) in [7, 11) is 0. The molecular formula is C10H19F3N2. The monoisotopic (exact) mass is 224 g/mol. The highest BCUT2D eigenvalue weighted by Crippen LogP contribution is 2.20. The third-order valence-electron chi connectivity index (χ3n) is 2.83. The highest BCUT2D eigenvalue weighted by molar-refractivity contribution is 4.82. The van der Waals surface area contributed by atoms with Gasteiger partial charge in [0.15, 0.2) is 0 Å². The molecular weight excluding hydrogens is 205 g/mol. The van der Waals surface area contributed by atoms with Crippen LogP contribution in [0.4, 0.5) is 13.2 Å². The number of rotatable bonds is 2. The lowest BCUT2D eigenvalue weighted by Gasteiger charge is -2.42. The van der Waals surface area contributed by atoms with Gasteiger partial charge < -0.3 is 0 Å². The summed E-state index contributed by atoms with van der Waals surface area (Å²) in [6.07, 6.45) is -4.07. The molecule has 0 N–H and O–H groups in total. The first-order valence-electron chi connectivity index (χ1n) is 5.34. The zero-order chi connectivity index (χ0) is 11.6. The van der Waals surface area contributed by atoms with Gasteiger partial charge in [-0.2, -0.15) is 13.2 Å². The van der Waals surface area contributed by atoms with Gasteiger partial charge in [0.2, 0.25) is 0 Å². The molecule has 0 spiro atoms. The second-order valence-corrected chi connectivity index (χ2v) is 4.53. The van der Waals surface area contributed by atoms with E-state index in [-0.39, 0.29) is 6.04 Å². The Morgan fingerprint density at radius 2 is 1.87 bits per heavy atom. The summed E-state index contributed by atoms with van der Waals surface area (Å²) >= 11 is 0. The average Bonchev–Trinajstić information content (AvgIpc) is 1.99. The van der Waals surface area contributed by atoms with Gasteiger partial charge in [-0.1, -0.05) is 0 Å². The normalized spacial score (nSPS) is 26.2. The number of hydrogen-bond donors (Lipinski definition) is 0. The minimum Gasteiger partial charge on any atom is -0.296 e. The van der Waals surface area contributed by atoms with Gasteiger partial charge in [0.05, 0.1) is 6.54 Å². The Labute approximate surface area is 89.0 Å². The van der Waals surface area contributed by atoms with Crippen LogP contribution in [0.5, 0.6) is 0 Å². The van der Waals surface area contributed by atoms with Crippen molar-refractivity contribution in [1.82, 2.24) is 9.80 Å². The first kappa shape index (κ1) is 12.8. The highest BCUT2D eigenvalue weighted by atomic mass is 19.4. The van der Waals surface area contributed by atoms with E-state index in [0.717, 1.165) is 6.54 Å². The van der Waals surface area contributed by atoms with Crippen molar-refractivity contribution in [2.24, 2.45) is 0 Å².